The lowest BCUT2D eigenvalue weighted by Crippen LogP contribution is -2.50. The Morgan fingerprint density at radius 3 is 2.22 bits per heavy atom. The molecule has 0 saturated carbocycles. The van der Waals surface area contributed by atoms with Crippen LogP contribution in [0.1, 0.15) is 44.2 Å². The van der Waals surface area contributed by atoms with Crippen LogP contribution in [0.25, 0.3) is 0 Å². The molecule has 0 aromatic heterocycles. The number of benzene rings is 2. The topological polar surface area (TPSA) is 83.9 Å². The number of carbonyl (C=O) groups excluding carboxylic acids is 2. The molecule has 1 aliphatic rings. The molecule has 0 spiro atoms. The number of aryl methyl sites for hydroxylation is 1. The number of aliphatic carboxylic acids is 1. The zero-order valence-electron chi connectivity index (χ0n) is 18.7. The average molecular weight is 438 g/mol. The summed E-state index contributed by atoms with van der Waals surface area (Å²) >= 11 is 0. The Morgan fingerprint density at radius 2 is 1.66 bits per heavy atom. The quantitative estimate of drug-likeness (QED) is 0.447. The molecular weight excluding hydrogens is 406 g/mol. The fourth-order valence-corrected chi connectivity index (χ4v) is 4.47. The van der Waals surface area contributed by atoms with Crippen LogP contribution < -0.4 is 0 Å². The van der Waals surface area contributed by atoms with E-state index in [0.29, 0.717) is 19.3 Å². The zero-order chi connectivity index (χ0) is 23.1. The fraction of sp³-hybridized carbons (Fsp3) is 0.423. The Labute approximate surface area is 189 Å². The summed E-state index contributed by atoms with van der Waals surface area (Å²) in [5.74, 6) is -2.29. The van der Waals surface area contributed by atoms with Gasteiger partial charge in [0.25, 0.3) is 0 Å². The molecule has 32 heavy (non-hydrogen) atoms. The summed E-state index contributed by atoms with van der Waals surface area (Å²) in [7, 11) is 0. The Kier molecular flexibility index (Phi) is 7.67. The first-order valence-electron chi connectivity index (χ1n) is 11.2. The molecule has 2 aromatic rings. The first-order valence-corrected chi connectivity index (χ1v) is 11.2. The number of likely N-dealkylation sites (tertiary alicyclic amines) is 1. The number of nitrogens with zero attached hydrogens (tertiary/aromatic N) is 1. The van der Waals surface area contributed by atoms with Gasteiger partial charge in [-0.25, -0.2) is 4.79 Å². The molecule has 1 fully saturated rings. The van der Waals surface area contributed by atoms with E-state index in [1.165, 1.54) is 4.90 Å². The van der Waals surface area contributed by atoms with Gasteiger partial charge in [-0.3, -0.25) is 9.59 Å². The van der Waals surface area contributed by atoms with Gasteiger partial charge >= 0.3 is 11.9 Å². The van der Waals surface area contributed by atoms with E-state index in [2.05, 4.69) is 0 Å². The number of ether oxygens (including phenoxy) is 1. The first kappa shape index (κ1) is 23.5. The monoisotopic (exact) mass is 437 g/mol. The minimum Gasteiger partial charge on any atom is -0.480 e. The molecule has 3 atom stereocenters. The maximum absolute atomic E-state index is 13.6. The highest BCUT2D eigenvalue weighted by molar-refractivity contribution is 6.05. The lowest BCUT2D eigenvalue weighted by atomic mass is 9.73. The van der Waals surface area contributed by atoms with Crippen LogP contribution in [0.2, 0.25) is 0 Å². The summed E-state index contributed by atoms with van der Waals surface area (Å²) in [6.45, 7) is 4.11. The second kappa shape index (κ2) is 10.4. The van der Waals surface area contributed by atoms with Crippen molar-refractivity contribution < 1.29 is 24.2 Å². The lowest BCUT2D eigenvalue weighted by Gasteiger charge is -2.32. The Balaban J connectivity index is 1.78. The van der Waals surface area contributed by atoms with Crippen LogP contribution in [0.3, 0.4) is 0 Å². The molecule has 3 rings (SSSR count). The van der Waals surface area contributed by atoms with Crippen molar-refractivity contribution in [1.29, 1.82) is 0 Å². The standard InChI is InChI=1S/C26H31NO5/c1-3-19(2)26(25(31)32-18-21-12-8-5-9-13-21)16-17-27(24(26)30)22(23(28)29)15-14-20-10-6-4-7-11-20/h4-13,19,22H,3,14-18H2,1-2H3,(H,28,29)/t19-,22?,26+/m1/s1. The highest BCUT2D eigenvalue weighted by Gasteiger charge is 2.58. The van der Waals surface area contributed by atoms with Gasteiger partial charge in [-0.1, -0.05) is 80.9 Å². The number of carboxylic acids is 1. The van der Waals surface area contributed by atoms with Crippen molar-refractivity contribution in [3.05, 3.63) is 71.8 Å². The number of rotatable bonds is 10. The second-order valence-corrected chi connectivity index (χ2v) is 8.47. The average Bonchev–Trinajstić information content (AvgIpc) is 3.16. The van der Waals surface area contributed by atoms with Gasteiger partial charge in [0.2, 0.25) is 5.91 Å². The van der Waals surface area contributed by atoms with Gasteiger partial charge in [0.1, 0.15) is 12.6 Å². The zero-order valence-corrected chi connectivity index (χ0v) is 18.7. The highest BCUT2D eigenvalue weighted by Crippen LogP contribution is 2.43. The molecule has 0 radical (unpaired) electrons. The van der Waals surface area contributed by atoms with Crippen LogP contribution in [0, 0.1) is 11.3 Å². The third kappa shape index (κ3) is 4.85. The summed E-state index contributed by atoms with van der Waals surface area (Å²) in [4.78, 5) is 40.3. The summed E-state index contributed by atoms with van der Waals surface area (Å²) < 4.78 is 5.59. The largest absolute Gasteiger partial charge is 0.480 e. The molecule has 170 valence electrons. The Morgan fingerprint density at radius 1 is 1.06 bits per heavy atom. The molecule has 1 aliphatic heterocycles. The van der Waals surface area contributed by atoms with Crippen LogP contribution in [-0.4, -0.2) is 40.4 Å². The van der Waals surface area contributed by atoms with Crippen molar-refractivity contribution in [2.75, 3.05) is 6.54 Å². The van der Waals surface area contributed by atoms with Gasteiger partial charge in [-0.2, -0.15) is 0 Å². The molecule has 6 heteroatoms. The molecule has 0 aliphatic carbocycles. The van der Waals surface area contributed by atoms with Crippen molar-refractivity contribution in [3.63, 3.8) is 0 Å². The second-order valence-electron chi connectivity index (χ2n) is 8.47. The van der Waals surface area contributed by atoms with Crippen LogP contribution in [-0.2, 0) is 32.1 Å². The van der Waals surface area contributed by atoms with Crippen LogP contribution >= 0.6 is 0 Å². The highest BCUT2D eigenvalue weighted by atomic mass is 16.5. The summed E-state index contributed by atoms with van der Waals surface area (Å²) in [6, 6.07) is 17.9. The molecule has 2 aromatic carbocycles. The minimum atomic E-state index is -1.34. The van der Waals surface area contributed by atoms with Gasteiger partial charge in [0.15, 0.2) is 5.41 Å². The van der Waals surface area contributed by atoms with E-state index in [1.54, 1.807) is 0 Å². The van der Waals surface area contributed by atoms with Crippen molar-refractivity contribution in [2.45, 2.75) is 52.2 Å². The molecule has 0 bridgehead atoms. The molecular formula is C26H31NO5. The van der Waals surface area contributed by atoms with Gasteiger partial charge < -0.3 is 14.7 Å². The van der Waals surface area contributed by atoms with Crippen molar-refractivity contribution in [3.8, 4) is 0 Å². The van der Waals surface area contributed by atoms with E-state index < -0.39 is 29.3 Å². The number of hydrogen-bond acceptors (Lipinski definition) is 4. The van der Waals surface area contributed by atoms with Gasteiger partial charge in [-0.15, -0.1) is 0 Å². The smallest absolute Gasteiger partial charge is 0.326 e. The van der Waals surface area contributed by atoms with Gasteiger partial charge in [0.05, 0.1) is 0 Å². The SMILES string of the molecule is CC[C@@H](C)[C@@]1(C(=O)OCc2ccccc2)CCN(C(CCc2ccccc2)C(=O)O)C1=O. The Bertz CT molecular complexity index is 930. The first-order chi connectivity index (χ1) is 15.4. The number of carboxylic acid groups (broad SMARTS) is 1. The summed E-state index contributed by atoms with van der Waals surface area (Å²) in [5, 5.41) is 9.88. The van der Waals surface area contributed by atoms with Crippen LogP contribution in [0.15, 0.2) is 60.7 Å². The number of carbonyl (C=O) groups is 3. The van der Waals surface area contributed by atoms with Crippen molar-refractivity contribution >= 4 is 17.8 Å². The number of hydrogen-bond donors (Lipinski definition) is 1. The number of esters is 1. The molecule has 6 nitrogen and oxygen atoms in total. The minimum absolute atomic E-state index is 0.0848. The van der Waals surface area contributed by atoms with E-state index in [4.69, 9.17) is 4.74 Å². The predicted molar refractivity (Wildman–Crippen MR) is 121 cm³/mol. The molecule has 1 heterocycles. The van der Waals surface area contributed by atoms with Crippen LogP contribution in [0.5, 0.6) is 0 Å². The summed E-state index contributed by atoms with van der Waals surface area (Å²) in [5.41, 5.74) is 0.513. The third-order valence-electron chi connectivity index (χ3n) is 6.63. The molecule has 1 saturated heterocycles. The van der Waals surface area contributed by atoms with Crippen LogP contribution in [0.4, 0.5) is 0 Å². The van der Waals surface area contributed by atoms with E-state index in [1.807, 2.05) is 74.5 Å². The molecule has 1 N–H and O–H groups in total. The normalized spacial score (nSPS) is 20.1. The maximum Gasteiger partial charge on any atom is 0.326 e. The molecule has 1 amide bonds. The van der Waals surface area contributed by atoms with E-state index in [0.717, 1.165) is 11.1 Å². The van der Waals surface area contributed by atoms with E-state index in [9.17, 15) is 19.5 Å². The lowest BCUT2D eigenvalue weighted by molar-refractivity contribution is -0.168. The maximum atomic E-state index is 13.6. The molecule has 1 unspecified atom stereocenters. The van der Waals surface area contributed by atoms with E-state index >= 15 is 0 Å². The van der Waals surface area contributed by atoms with Crippen molar-refractivity contribution in [1.82, 2.24) is 4.90 Å². The summed E-state index contributed by atoms with van der Waals surface area (Å²) in [6.07, 6.45) is 1.71. The fourth-order valence-electron chi connectivity index (χ4n) is 4.47. The predicted octanol–water partition coefficient (Wildman–Crippen LogP) is 4.08. The van der Waals surface area contributed by atoms with Gasteiger partial charge in [-0.05, 0) is 36.3 Å². The third-order valence-corrected chi connectivity index (χ3v) is 6.63. The van der Waals surface area contributed by atoms with Crippen molar-refractivity contribution in [2.24, 2.45) is 11.3 Å². The Hall–Kier alpha value is -3.15. The number of amides is 1. The van der Waals surface area contributed by atoms with Gasteiger partial charge in [0, 0.05) is 6.54 Å². The van der Waals surface area contributed by atoms with E-state index in [-0.39, 0.29) is 25.5 Å².